The van der Waals surface area contributed by atoms with E-state index in [2.05, 4.69) is 30.6 Å². The van der Waals surface area contributed by atoms with Crippen LogP contribution in [0.15, 0.2) is 24.4 Å². The van der Waals surface area contributed by atoms with E-state index < -0.39 is 30.7 Å². The monoisotopic (exact) mass is 516 g/mol. The molecule has 37 heavy (non-hydrogen) atoms. The predicted molar refractivity (Wildman–Crippen MR) is 130 cm³/mol. The van der Waals surface area contributed by atoms with Crippen LogP contribution in [0.2, 0.25) is 0 Å². The summed E-state index contributed by atoms with van der Waals surface area (Å²) in [6.07, 6.45) is 0.690. The summed E-state index contributed by atoms with van der Waals surface area (Å²) in [7, 11) is 1.43. The van der Waals surface area contributed by atoms with Gasteiger partial charge < -0.3 is 14.8 Å². The van der Waals surface area contributed by atoms with Gasteiger partial charge in [-0.1, -0.05) is 11.3 Å². The number of hydrogen-bond acceptors (Lipinski definition) is 8. The maximum atomic E-state index is 15.3. The minimum atomic E-state index is -1.12. The van der Waals surface area contributed by atoms with Gasteiger partial charge in [-0.2, -0.15) is 4.98 Å². The molecule has 196 valence electrons. The number of likely N-dealkylation sites (tertiary alicyclic amines) is 1. The molecule has 13 heteroatoms. The molecule has 0 saturated carbocycles. The molecule has 2 aliphatic heterocycles. The maximum Gasteiger partial charge on any atom is 0.244 e. The van der Waals surface area contributed by atoms with Crippen LogP contribution in [0, 0.1) is 5.82 Å². The van der Waals surface area contributed by atoms with Gasteiger partial charge in [0.05, 0.1) is 55.7 Å². The van der Waals surface area contributed by atoms with Gasteiger partial charge >= 0.3 is 0 Å². The average molecular weight is 517 g/mol. The first-order valence-corrected chi connectivity index (χ1v) is 12.2. The molecular formula is C24H27F3N8O2. The topological polar surface area (TPSA) is 94.6 Å². The van der Waals surface area contributed by atoms with Crippen LogP contribution >= 0.6 is 0 Å². The lowest BCUT2D eigenvalue weighted by molar-refractivity contribution is -0.0794. The first-order valence-electron chi connectivity index (χ1n) is 12.2. The normalized spacial score (nSPS) is 21.9. The number of hydrogen-bond donors (Lipinski definition) is 1. The Kier molecular flexibility index (Phi) is 6.11. The van der Waals surface area contributed by atoms with E-state index in [0.717, 1.165) is 6.54 Å². The fraction of sp³-hybridized carbons (Fsp3) is 0.500. The number of piperidine rings is 1. The second-order valence-corrected chi connectivity index (χ2v) is 9.57. The van der Waals surface area contributed by atoms with E-state index in [1.54, 1.807) is 25.1 Å². The molecule has 1 N–H and O–H groups in total. The van der Waals surface area contributed by atoms with Gasteiger partial charge in [0.1, 0.15) is 23.9 Å². The van der Waals surface area contributed by atoms with Crippen molar-refractivity contribution in [1.29, 1.82) is 0 Å². The highest BCUT2D eigenvalue weighted by Crippen LogP contribution is 2.36. The molecular weight excluding hydrogens is 489 g/mol. The Bertz CT molecular complexity index is 1440. The fourth-order valence-electron chi connectivity index (χ4n) is 5.00. The first kappa shape index (κ1) is 23.9. The zero-order valence-electron chi connectivity index (χ0n) is 20.4. The molecule has 2 fully saturated rings. The summed E-state index contributed by atoms with van der Waals surface area (Å²) >= 11 is 0. The van der Waals surface area contributed by atoms with Gasteiger partial charge in [-0.25, -0.2) is 22.4 Å². The van der Waals surface area contributed by atoms with Crippen LogP contribution in [-0.4, -0.2) is 92.8 Å². The standard InChI is InChI=1S/C24H27F3N8O2/c1-13(8-25)35-20-7-14(3-4-19(20)30-32-35)21-17(27)10-34-22(21)23(36-2)29-24(31-34)28-18-5-6-33(9-16(18)26)15-11-37-12-15/h3-4,7,10,13,15-16,18H,5-6,8-9,11-12H2,1-2H3,(H,28,31)/t13-,16-,18+/m0/s1. The Morgan fingerprint density at radius 1 is 1.30 bits per heavy atom. The molecule has 0 spiro atoms. The third-order valence-electron chi connectivity index (χ3n) is 7.17. The number of fused-ring (bicyclic) bond motifs is 2. The van der Waals surface area contributed by atoms with E-state index in [-0.39, 0.29) is 23.4 Å². The SMILES string of the molecule is COc1nc(N[C@@H]2CCN(C3COC3)C[C@@H]2F)nn2cc(F)c(-c3ccc4nnn([C@@H](C)CF)c4c3)c12. The van der Waals surface area contributed by atoms with Crippen LogP contribution in [0.3, 0.4) is 0 Å². The largest absolute Gasteiger partial charge is 0.479 e. The molecule has 5 heterocycles. The Morgan fingerprint density at radius 3 is 2.84 bits per heavy atom. The summed E-state index contributed by atoms with van der Waals surface area (Å²) in [6, 6.07) is 4.40. The molecule has 0 radical (unpaired) electrons. The molecule has 3 atom stereocenters. The molecule has 1 aromatic carbocycles. The fourth-order valence-corrected chi connectivity index (χ4v) is 5.00. The number of halogens is 3. The zero-order valence-corrected chi connectivity index (χ0v) is 20.4. The van der Waals surface area contributed by atoms with Gasteiger partial charge in [-0.3, -0.25) is 4.90 Å². The van der Waals surface area contributed by atoms with Gasteiger partial charge in [-0.05, 0) is 31.0 Å². The zero-order chi connectivity index (χ0) is 25.7. The molecule has 2 saturated heterocycles. The maximum absolute atomic E-state index is 15.3. The predicted octanol–water partition coefficient (Wildman–Crippen LogP) is 3.04. The number of nitrogens with one attached hydrogen (secondary N) is 1. The van der Waals surface area contributed by atoms with Crippen molar-refractivity contribution < 1.29 is 22.6 Å². The van der Waals surface area contributed by atoms with Crippen molar-refractivity contribution in [3.05, 3.63) is 30.2 Å². The third-order valence-corrected chi connectivity index (χ3v) is 7.17. The molecule has 0 aliphatic carbocycles. The van der Waals surface area contributed by atoms with Gasteiger partial charge in [0, 0.05) is 13.1 Å². The first-order chi connectivity index (χ1) is 18.0. The molecule has 2 aliphatic rings. The molecule has 0 unspecified atom stereocenters. The number of alkyl halides is 2. The van der Waals surface area contributed by atoms with E-state index in [1.165, 1.54) is 22.5 Å². The lowest BCUT2D eigenvalue weighted by Gasteiger charge is -2.42. The highest BCUT2D eigenvalue weighted by Gasteiger charge is 2.36. The van der Waals surface area contributed by atoms with Crippen molar-refractivity contribution in [2.45, 2.75) is 37.6 Å². The molecule has 6 rings (SSSR count). The Morgan fingerprint density at radius 2 is 2.14 bits per heavy atom. The van der Waals surface area contributed by atoms with Crippen LogP contribution in [0.25, 0.3) is 27.7 Å². The van der Waals surface area contributed by atoms with Crippen LogP contribution in [-0.2, 0) is 4.74 Å². The van der Waals surface area contributed by atoms with Crippen molar-refractivity contribution in [2.24, 2.45) is 0 Å². The smallest absolute Gasteiger partial charge is 0.244 e. The number of ether oxygens (including phenoxy) is 2. The van der Waals surface area contributed by atoms with Crippen LogP contribution in [0.4, 0.5) is 19.1 Å². The minimum Gasteiger partial charge on any atom is -0.479 e. The van der Waals surface area contributed by atoms with Crippen LogP contribution in [0.5, 0.6) is 5.88 Å². The number of nitrogens with zero attached hydrogens (tertiary/aromatic N) is 7. The van der Waals surface area contributed by atoms with E-state index in [9.17, 15) is 8.78 Å². The number of methoxy groups -OCH3 is 1. The second kappa shape index (κ2) is 9.45. The van der Waals surface area contributed by atoms with E-state index in [0.29, 0.717) is 48.3 Å². The lowest BCUT2D eigenvalue weighted by atomic mass is 10.0. The molecule has 0 bridgehead atoms. The Balaban J connectivity index is 1.33. The summed E-state index contributed by atoms with van der Waals surface area (Å²) in [6.45, 7) is 3.41. The lowest BCUT2D eigenvalue weighted by Crippen LogP contribution is -2.57. The van der Waals surface area contributed by atoms with Crippen molar-refractivity contribution in [3.8, 4) is 17.0 Å². The summed E-state index contributed by atoms with van der Waals surface area (Å²) in [5.74, 6) is -0.255. The quantitative estimate of drug-likeness (QED) is 0.401. The summed E-state index contributed by atoms with van der Waals surface area (Å²) in [4.78, 5) is 6.54. The average Bonchev–Trinajstić information content (AvgIpc) is 3.43. The van der Waals surface area contributed by atoms with Crippen molar-refractivity contribution in [1.82, 2.24) is 34.5 Å². The van der Waals surface area contributed by atoms with Crippen molar-refractivity contribution >= 4 is 22.5 Å². The molecule has 0 amide bonds. The van der Waals surface area contributed by atoms with Crippen molar-refractivity contribution in [2.75, 3.05) is 45.4 Å². The molecule has 10 nitrogen and oxygen atoms in total. The Hall–Kier alpha value is -3.45. The number of benzene rings is 1. The van der Waals surface area contributed by atoms with E-state index >= 15 is 4.39 Å². The van der Waals surface area contributed by atoms with Gasteiger partial charge in [0.25, 0.3) is 0 Å². The number of rotatable bonds is 7. The third kappa shape index (κ3) is 4.15. The number of anilines is 1. The Labute approximate surface area is 210 Å². The van der Waals surface area contributed by atoms with E-state index in [4.69, 9.17) is 9.47 Å². The second-order valence-electron chi connectivity index (χ2n) is 9.57. The number of aromatic nitrogens is 6. The van der Waals surface area contributed by atoms with Crippen LogP contribution < -0.4 is 10.1 Å². The minimum absolute atomic E-state index is 0.139. The highest BCUT2D eigenvalue weighted by molar-refractivity contribution is 5.89. The summed E-state index contributed by atoms with van der Waals surface area (Å²) in [5.41, 5.74) is 2.21. The van der Waals surface area contributed by atoms with Crippen LogP contribution in [0.1, 0.15) is 19.4 Å². The van der Waals surface area contributed by atoms with Crippen molar-refractivity contribution in [3.63, 3.8) is 0 Å². The molecule has 3 aromatic heterocycles. The van der Waals surface area contributed by atoms with E-state index in [1.807, 2.05) is 0 Å². The van der Waals surface area contributed by atoms with Gasteiger partial charge in [0.15, 0.2) is 5.82 Å². The van der Waals surface area contributed by atoms with Gasteiger partial charge in [-0.15, -0.1) is 10.2 Å². The highest BCUT2D eigenvalue weighted by atomic mass is 19.1. The summed E-state index contributed by atoms with van der Waals surface area (Å²) in [5, 5.41) is 15.6. The molecule has 4 aromatic rings. The van der Waals surface area contributed by atoms with Gasteiger partial charge in [0.2, 0.25) is 11.8 Å². The summed E-state index contributed by atoms with van der Waals surface area (Å²) < 4.78 is 57.2.